The lowest BCUT2D eigenvalue weighted by molar-refractivity contribution is 1.05. The van der Waals surface area contributed by atoms with Crippen molar-refractivity contribution in [2.45, 2.75) is 27.2 Å². The highest BCUT2D eigenvalue weighted by molar-refractivity contribution is 5.59. The first-order valence-electron chi connectivity index (χ1n) is 5.63. The van der Waals surface area contributed by atoms with E-state index in [9.17, 15) is 0 Å². The highest BCUT2D eigenvalue weighted by Crippen LogP contribution is 2.22. The van der Waals surface area contributed by atoms with Crippen molar-refractivity contribution in [1.29, 1.82) is 0 Å². The maximum atomic E-state index is 4.28. The third-order valence-electron chi connectivity index (χ3n) is 2.68. The highest BCUT2D eigenvalue weighted by atomic mass is 15.1. The summed E-state index contributed by atoms with van der Waals surface area (Å²) in [5, 5.41) is 3.06. The first-order valence-corrected chi connectivity index (χ1v) is 5.63. The van der Waals surface area contributed by atoms with E-state index in [4.69, 9.17) is 0 Å². The van der Waals surface area contributed by atoms with Crippen LogP contribution in [0, 0.1) is 6.92 Å². The molecule has 3 nitrogen and oxygen atoms in total. The molecule has 0 saturated heterocycles. The Kier molecular flexibility index (Phi) is 4.35. The van der Waals surface area contributed by atoms with Crippen molar-refractivity contribution in [3.05, 3.63) is 29.6 Å². The van der Waals surface area contributed by atoms with Crippen LogP contribution in [-0.4, -0.2) is 19.1 Å². The van der Waals surface area contributed by atoms with Gasteiger partial charge in [-0.2, -0.15) is 0 Å². The minimum atomic E-state index is 0.898. The molecule has 1 N–H and O–H groups in total. The minimum Gasteiger partial charge on any atom is -0.373 e. The fourth-order valence-electron chi connectivity index (χ4n) is 1.52. The van der Waals surface area contributed by atoms with Gasteiger partial charge in [0.1, 0.15) is 5.82 Å². The molecule has 0 aliphatic heterocycles. The first-order chi connectivity index (χ1) is 7.58. The number of allylic oxidation sites excluding steroid dienone is 1. The predicted molar refractivity (Wildman–Crippen MR) is 71.0 cm³/mol. The third-order valence-corrected chi connectivity index (χ3v) is 2.68. The van der Waals surface area contributed by atoms with E-state index in [1.165, 1.54) is 16.8 Å². The van der Waals surface area contributed by atoms with Gasteiger partial charge in [-0.05, 0) is 25.8 Å². The van der Waals surface area contributed by atoms with E-state index >= 15 is 0 Å². The fraction of sp³-hybridized carbons (Fsp3) is 0.462. The Balaban J connectivity index is 3.02. The van der Waals surface area contributed by atoms with Gasteiger partial charge in [-0.1, -0.05) is 12.5 Å². The molecule has 0 atom stereocenters. The number of hydrogen-bond acceptors (Lipinski definition) is 3. The van der Waals surface area contributed by atoms with Crippen molar-refractivity contribution < 1.29 is 0 Å². The van der Waals surface area contributed by atoms with E-state index < -0.39 is 0 Å². The maximum Gasteiger partial charge on any atom is 0.127 e. The summed E-state index contributed by atoms with van der Waals surface area (Å²) >= 11 is 0. The molecule has 0 amide bonds. The lowest BCUT2D eigenvalue weighted by Gasteiger charge is -2.18. The van der Waals surface area contributed by atoms with Gasteiger partial charge in [0.05, 0.1) is 0 Å². The average molecular weight is 219 g/mol. The molecule has 1 rings (SSSR count). The topological polar surface area (TPSA) is 28.2 Å². The Labute approximate surface area is 98.2 Å². The van der Waals surface area contributed by atoms with Crippen molar-refractivity contribution in [3.63, 3.8) is 0 Å². The van der Waals surface area contributed by atoms with E-state index in [1.807, 2.05) is 13.2 Å². The maximum absolute atomic E-state index is 4.28. The van der Waals surface area contributed by atoms with Gasteiger partial charge in [0, 0.05) is 38.2 Å². The number of aromatic nitrogens is 1. The van der Waals surface area contributed by atoms with Crippen molar-refractivity contribution in [2.24, 2.45) is 0 Å². The number of rotatable bonds is 4. The zero-order chi connectivity index (χ0) is 12.1. The zero-order valence-electron chi connectivity index (χ0n) is 10.8. The Bertz CT molecular complexity index is 383. The number of hydrogen-bond donors (Lipinski definition) is 1. The molecule has 0 aliphatic carbocycles. The van der Waals surface area contributed by atoms with E-state index in [0.29, 0.717) is 0 Å². The summed E-state index contributed by atoms with van der Waals surface area (Å²) in [7, 11) is 3.95. The molecule has 0 bridgehead atoms. The Morgan fingerprint density at radius 2 is 2.25 bits per heavy atom. The van der Waals surface area contributed by atoms with Gasteiger partial charge < -0.3 is 10.2 Å². The van der Waals surface area contributed by atoms with Crippen LogP contribution < -0.4 is 10.2 Å². The largest absolute Gasteiger partial charge is 0.373 e. The Hall–Kier alpha value is -1.51. The number of nitrogens with zero attached hydrogens (tertiary/aromatic N) is 2. The Morgan fingerprint density at radius 1 is 1.56 bits per heavy atom. The number of pyridine rings is 1. The van der Waals surface area contributed by atoms with Crippen LogP contribution in [0.2, 0.25) is 0 Å². The van der Waals surface area contributed by atoms with Crippen LogP contribution in [0.4, 0.5) is 11.5 Å². The molecular weight excluding hydrogens is 198 g/mol. The molecular formula is C13H21N3. The van der Waals surface area contributed by atoms with Crippen LogP contribution in [0.25, 0.3) is 0 Å². The van der Waals surface area contributed by atoms with Gasteiger partial charge in [-0.15, -0.1) is 0 Å². The van der Waals surface area contributed by atoms with E-state index in [1.54, 1.807) is 0 Å². The summed E-state index contributed by atoms with van der Waals surface area (Å²) < 4.78 is 0. The summed E-state index contributed by atoms with van der Waals surface area (Å²) in [4.78, 5) is 6.43. The van der Waals surface area contributed by atoms with Gasteiger partial charge in [0.2, 0.25) is 0 Å². The van der Waals surface area contributed by atoms with Gasteiger partial charge in [0.15, 0.2) is 0 Å². The summed E-state index contributed by atoms with van der Waals surface area (Å²) in [6.07, 6.45) is 5.14. The summed E-state index contributed by atoms with van der Waals surface area (Å²) in [6, 6.07) is 2.06. The molecule has 88 valence electrons. The lowest BCUT2D eigenvalue weighted by atomic mass is 10.2. The van der Waals surface area contributed by atoms with Crippen molar-refractivity contribution in [3.8, 4) is 0 Å². The monoisotopic (exact) mass is 219 g/mol. The normalized spacial score (nSPS) is 11.4. The first kappa shape index (κ1) is 12.6. The quantitative estimate of drug-likeness (QED) is 0.843. The summed E-state index contributed by atoms with van der Waals surface area (Å²) in [6.45, 7) is 6.39. The van der Waals surface area contributed by atoms with Gasteiger partial charge in [-0.25, -0.2) is 4.98 Å². The van der Waals surface area contributed by atoms with Crippen LogP contribution in [0.1, 0.15) is 25.8 Å². The summed E-state index contributed by atoms with van der Waals surface area (Å²) in [5.41, 5.74) is 3.73. The smallest absolute Gasteiger partial charge is 0.127 e. The van der Waals surface area contributed by atoms with Crippen molar-refractivity contribution in [1.82, 2.24) is 4.98 Å². The van der Waals surface area contributed by atoms with Crippen molar-refractivity contribution >= 4 is 11.5 Å². The molecule has 0 saturated carbocycles. The highest BCUT2D eigenvalue weighted by Gasteiger charge is 2.04. The van der Waals surface area contributed by atoms with E-state index in [0.717, 1.165) is 12.2 Å². The molecule has 0 unspecified atom stereocenters. The molecule has 0 aromatic carbocycles. The molecule has 0 fully saturated rings. The summed E-state index contributed by atoms with van der Waals surface area (Å²) in [5.74, 6) is 0.898. The molecule has 1 aromatic rings. The van der Waals surface area contributed by atoms with Crippen LogP contribution in [-0.2, 0) is 0 Å². The van der Waals surface area contributed by atoms with Crippen LogP contribution in [0.5, 0.6) is 0 Å². The molecule has 16 heavy (non-hydrogen) atoms. The molecule has 3 heteroatoms. The molecule has 1 aromatic heterocycles. The number of nitrogens with one attached hydrogen (secondary N) is 1. The molecule has 0 spiro atoms. The third kappa shape index (κ3) is 2.99. The van der Waals surface area contributed by atoms with Crippen molar-refractivity contribution in [2.75, 3.05) is 24.3 Å². The van der Waals surface area contributed by atoms with E-state index in [-0.39, 0.29) is 0 Å². The second-order valence-electron chi connectivity index (χ2n) is 4.05. The second kappa shape index (κ2) is 5.54. The molecule has 0 radical (unpaired) electrons. The van der Waals surface area contributed by atoms with Crippen LogP contribution in [0.3, 0.4) is 0 Å². The average Bonchev–Trinajstić information content (AvgIpc) is 2.29. The van der Waals surface area contributed by atoms with Crippen LogP contribution >= 0.6 is 0 Å². The predicted octanol–water partition coefficient (Wildman–Crippen LogP) is 3.18. The van der Waals surface area contributed by atoms with Crippen LogP contribution in [0.15, 0.2) is 24.0 Å². The molecule has 0 aliphatic rings. The van der Waals surface area contributed by atoms with Gasteiger partial charge >= 0.3 is 0 Å². The molecule has 1 heterocycles. The number of anilines is 2. The number of aryl methyl sites for hydroxylation is 1. The minimum absolute atomic E-state index is 0.898. The lowest BCUT2D eigenvalue weighted by Crippen LogP contribution is -2.11. The van der Waals surface area contributed by atoms with E-state index in [2.05, 4.69) is 55.3 Å². The van der Waals surface area contributed by atoms with Gasteiger partial charge in [-0.3, -0.25) is 0 Å². The van der Waals surface area contributed by atoms with Gasteiger partial charge in [0.25, 0.3) is 0 Å². The fourth-order valence-corrected chi connectivity index (χ4v) is 1.52. The zero-order valence-corrected chi connectivity index (χ0v) is 10.8. The standard InChI is InChI=1S/C13H21N3/c1-6-10(2)9-16(5)12-7-13(14-4)15-8-11(12)3/h7-9H,6H2,1-5H3,(H,14,15). The SMILES string of the molecule is CCC(C)=CN(C)c1cc(NC)ncc1C. The second-order valence-corrected chi connectivity index (χ2v) is 4.05. The Morgan fingerprint density at radius 3 is 2.81 bits per heavy atom.